The lowest BCUT2D eigenvalue weighted by atomic mass is 9.84. The van der Waals surface area contributed by atoms with Gasteiger partial charge in [0.05, 0.1) is 39.3 Å². The van der Waals surface area contributed by atoms with Gasteiger partial charge in [-0.15, -0.1) is 6.57 Å². The zero-order chi connectivity index (χ0) is 60.2. The molecule has 4 aromatic rings. The molecule has 2 aliphatic heterocycles. The summed E-state index contributed by atoms with van der Waals surface area (Å²) in [7, 11) is 5.32. The molecule has 3 amide bonds. The van der Waals surface area contributed by atoms with E-state index in [9.17, 15) is 27.6 Å². The minimum absolute atomic E-state index is 0. The molecule has 2 aliphatic carbocycles. The summed E-state index contributed by atoms with van der Waals surface area (Å²) >= 11 is 5.57. The van der Waals surface area contributed by atoms with Crippen LogP contribution in [0.1, 0.15) is 95.5 Å². The van der Waals surface area contributed by atoms with Gasteiger partial charge in [-0.1, -0.05) is 62.7 Å². The predicted octanol–water partition coefficient (Wildman–Crippen LogP) is 12.4. The molecule has 0 spiro atoms. The maximum Gasteiger partial charge on any atom is 0.418 e. The van der Waals surface area contributed by atoms with Crippen molar-refractivity contribution in [3.05, 3.63) is 128 Å². The number of fused-ring (bicyclic) bond motifs is 2. The van der Waals surface area contributed by atoms with Gasteiger partial charge in [0.15, 0.2) is 10.3 Å². The van der Waals surface area contributed by atoms with Crippen molar-refractivity contribution in [1.82, 2.24) is 34.6 Å². The second-order valence-corrected chi connectivity index (χ2v) is 31.9. The zero-order valence-electron chi connectivity index (χ0n) is 47.4. The number of aromatic nitrogens is 4. The lowest BCUT2D eigenvalue weighted by Gasteiger charge is -2.38. The SMILES string of the molecule is C.C/C(F)=C/c1ccc(F)c([C@@]2(C)N=C(N(COCC[Si](C)(C)C)C(=O)OC(C)(C)C)S[C@@]3(C(=O)N(C)C)C[C@H]32)c1.N#Cc1ncc(Br)cn1.[C-]#[N+]c1ncc(/C(F)=C/c2ccc(F)c([C@@]3(C)N=C(N)S[C@@]4(C(=O)N(C)C)C[C@H]43)c2)cn1. The third-order valence-electron chi connectivity index (χ3n) is 13.5. The average molecular weight is 1250 g/mol. The molecule has 25 heteroatoms. The van der Waals surface area contributed by atoms with Gasteiger partial charge in [-0.2, -0.15) is 15.2 Å². The Morgan fingerprint density at radius 1 is 0.866 bits per heavy atom. The highest BCUT2D eigenvalue weighted by atomic mass is 79.9. The van der Waals surface area contributed by atoms with Gasteiger partial charge in [-0.3, -0.25) is 19.6 Å². The van der Waals surface area contributed by atoms with Gasteiger partial charge in [-0.05, 0) is 124 Å². The predicted molar refractivity (Wildman–Crippen MR) is 321 cm³/mol. The number of nitrogens with zero attached hydrogens (tertiary/aromatic N) is 11. The summed E-state index contributed by atoms with van der Waals surface area (Å²) in [6.07, 6.45) is 8.35. The smallest absolute Gasteiger partial charge is 0.418 e. The van der Waals surface area contributed by atoms with Crippen LogP contribution < -0.4 is 5.73 Å². The number of nitriles is 1. The van der Waals surface area contributed by atoms with Crippen LogP contribution in [0.2, 0.25) is 25.7 Å². The highest BCUT2D eigenvalue weighted by Crippen LogP contribution is 2.68. The van der Waals surface area contributed by atoms with Crippen LogP contribution in [0, 0.1) is 41.4 Å². The topological polar surface area (TPSA) is 210 Å². The number of thioether (sulfide) groups is 2. The number of hydrogen-bond donors (Lipinski definition) is 1. The second kappa shape index (κ2) is 26.0. The Bertz CT molecular complexity index is 3270. The molecule has 2 fully saturated rings. The quantitative estimate of drug-likeness (QED) is 0.0461. The summed E-state index contributed by atoms with van der Waals surface area (Å²) in [5.41, 5.74) is 4.50. The van der Waals surface area contributed by atoms with Gasteiger partial charge >= 0.3 is 12.0 Å². The van der Waals surface area contributed by atoms with Crippen molar-refractivity contribution in [3.63, 3.8) is 0 Å². The molecule has 6 atom stereocenters. The Morgan fingerprint density at radius 2 is 1.37 bits per heavy atom. The number of ether oxygens (including phenoxy) is 2. The lowest BCUT2D eigenvalue weighted by Crippen LogP contribution is -2.48. The average Bonchev–Trinajstić information content (AvgIpc) is 4.52. The minimum atomic E-state index is -1.39. The molecule has 0 unspecified atom stereocenters. The highest BCUT2D eigenvalue weighted by Gasteiger charge is 2.72. The van der Waals surface area contributed by atoms with Crippen LogP contribution in [-0.4, -0.2) is 128 Å². The van der Waals surface area contributed by atoms with E-state index in [2.05, 4.69) is 65.3 Å². The third kappa shape index (κ3) is 15.4. The molecule has 438 valence electrons. The summed E-state index contributed by atoms with van der Waals surface area (Å²) in [5, 5.41) is 8.69. The fraction of sp³-hybridized carbons (Fsp3) is 0.456. The largest absolute Gasteiger partial charge is 0.443 e. The highest BCUT2D eigenvalue weighted by molar-refractivity contribution is 9.10. The summed E-state index contributed by atoms with van der Waals surface area (Å²) in [5.74, 6) is -2.75. The van der Waals surface area contributed by atoms with E-state index in [1.54, 1.807) is 68.9 Å². The molecule has 0 bridgehead atoms. The maximum absolute atomic E-state index is 15.5. The van der Waals surface area contributed by atoms with Crippen molar-refractivity contribution in [3.8, 4) is 6.07 Å². The van der Waals surface area contributed by atoms with E-state index in [1.165, 1.54) is 112 Å². The molecule has 17 nitrogen and oxygen atoms in total. The maximum atomic E-state index is 15.5. The van der Waals surface area contributed by atoms with Crippen molar-refractivity contribution >= 4 is 99.7 Å². The van der Waals surface area contributed by atoms with E-state index >= 15 is 4.39 Å². The molecule has 4 heterocycles. The monoisotopic (exact) mass is 1250 g/mol. The van der Waals surface area contributed by atoms with Crippen LogP contribution in [0.5, 0.6) is 0 Å². The standard InChI is InChI=1S/C29H43F2N3O4SSi.C22H20F2N6OS.C5H2BrN3.CH4/c1-19(30)15-20-11-12-22(31)21(16-20)28(5)23-17-29(23,24(35)33(6)7)39-25(32-28)34(26(36)38-27(2,3)4)18-37-13-14-40(8,9)10;1-21(17-9-22(17,18(31)30(3)4)32-19(25)29-21)14-7-12(5-6-15(14)23)8-16(24)13-10-27-20(26-2)28-11-13;6-4-2-8-5(1-7)9-3-4;/h11-12,15-16,23H,13-14,17-18H2,1-10H3;5-8,10-11,17H,9H2,1,3-4H3,(H2,25,29);2-3H;1H4/b19-15-;16-8-;;/t23-,28+,29-;17-,21+,22-;;/m00../s1. The van der Waals surface area contributed by atoms with Gasteiger partial charge in [0.1, 0.15) is 45.4 Å². The fourth-order valence-corrected chi connectivity index (χ4v) is 13.5. The Kier molecular flexibility index (Phi) is 21.0. The van der Waals surface area contributed by atoms with Crippen LogP contribution in [0.25, 0.3) is 22.8 Å². The number of carbonyl (C=O) groups is 3. The summed E-state index contributed by atoms with van der Waals surface area (Å²) in [6.45, 7) is 24.1. The Balaban J connectivity index is 0.000000261. The molecule has 0 saturated heterocycles. The van der Waals surface area contributed by atoms with Crippen molar-refractivity contribution in [2.45, 2.75) is 114 Å². The number of halogens is 5. The van der Waals surface area contributed by atoms with E-state index < -0.39 is 63.6 Å². The number of carbonyl (C=O) groups excluding carboxylic acids is 3. The summed E-state index contributed by atoms with van der Waals surface area (Å²) in [4.78, 5) is 71.7. The number of aliphatic imine (C=N–C) groups is 2. The van der Waals surface area contributed by atoms with Crippen LogP contribution in [0.3, 0.4) is 0 Å². The van der Waals surface area contributed by atoms with Crippen molar-refractivity contribution in [2.75, 3.05) is 41.5 Å². The van der Waals surface area contributed by atoms with Crippen LogP contribution in [-0.2, 0) is 30.1 Å². The second-order valence-electron chi connectivity index (χ2n) is 22.7. The molecule has 4 aliphatic rings. The van der Waals surface area contributed by atoms with Gasteiger partial charge in [0.2, 0.25) is 17.6 Å². The number of rotatable bonds is 12. The van der Waals surface area contributed by atoms with E-state index in [4.69, 9.17) is 32.0 Å². The van der Waals surface area contributed by atoms with E-state index in [-0.39, 0.29) is 76.6 Å². The molecule has 2 aromatic heterocycles. The first-order chi connectivity index (χ1) is 37.7. The Labute approximate surface area is 495 Å². The first kappa shape index (κ1) is 66.3. The number of nitrogens with two attached hydrogens (primary N) is 1. The van der Waals surface area contributed by atoms with Crippen molar-refractivity contribution in [1.29, 1.82) is 5.26 Å². The normalized spacial score (nSPS) is 23.3. The van der Waals surface area contributed by atoms with Crippen molar-refractivity contribution in [2.24, 2.45) is 27.6 Å². The summed E-state index contributed by atoms with van der Waals surface area (Å²) in [6, 6.07) is 11.3. The molecule has 2 N–H and O–H groups in total. The molecular formula is C57H69BrF4N12O5S2Si. The number of amidine groups is 2. The van der Waals surface area contributed by atoms with E-state index in [0.717, 1.165) is 10.5 Å². The first-order valence-corrected chi connectivity index (χ1v) is 31.6. The number of benzene rings is 2. The van der Waals surface area contributed by atoms with Crippen molar-refractivity contribution < 1.29 is 41.4 Å². The zero-order valence-corrected chi connectivity index (χ0v) is 51.6. The molecule has 8 rings (SSSR count). The Hall–Kier alpha value is -6.51. The molecule has 2 aromatic carbocycles. The molecule has 82 heavy (non-hydrogen) atoms. The van der Waals surface area contributed by atoms with Crippen LogP contribution >= 0.6 is 39.5 Å². The molecule has 0 radical (unpaired) electrons. The van der Waals surface area contributed by atoms with Gasteiger partial charge in [-0.25, -0.2) is 37.2 Å². The Morgan fingerprint density at radius 3 is 1.83 bits per heavy atom. The van der Waals surface area contributed by atoms with Crippen LogP contribution in [0.15, 0.2) is 81.5 Å². The third-order valence-corrected chi connectivity index (χ3v) is 18.4. The number of amides is 3. The van der Waals surface area contributed by atoms with Gasteiger partial charge in [0.25, 0.3) is 0 Å². The number of hydrogen-bond acceptors (Lipinski definition) is 15. The lowest BCUT2D eigenvalue weighted by molar-refractivity contribution is -0.130. The van der Waals surface area contributed by atoms with E-state index in [0.29, 0.717) is 30.6 Å². The molecule has 2 saturated carbocycles. The minimum Gasteiger partial charge on any atom is -0.443 e. The van der Waals surface area contributed by atoms with Gasteiger partial charge < -0.3 is 29.9 Å². The first-order valence-electron chi connectivity index (χ1n) is 25.5. The van der Waals surface area contributed by atoms with Crippen LogP contribution in [0.4, 0.5) is 28.3 Å². The van der Waals surface area contributed by atoms with E-state index in [1.807, 2.05) is 6.07 Å². The fourth-order valence-electron chi connectivity index (χ4n) is 9.34. The molecular weight excluding hydrogens is 1180 g/mol. The number of allylic oxidation sites excluding steroid dienone is 1. The summed E-state index contributed by atoms with van der Waals surface area (Å²) < 4.78 is 69.6. The van der Waals surface area contributed by atoms with Gasteiger partial charge in [0, 0.05) is 78.2 Å².